The molecule has 1 saturated heterocycles. The Morgan fingerprint density at radius 2 is 2.11 bits per heavy atom. The summed E-state index contributed by atoms with van der Waals surface area (Å²) >= 11 is 6.29. The first-order chi connectivity index (χ1) is 17.4. The van der Waals surface area contributed by atoms with Gasteiger partial charge in [0.2, 0.25) is 5.91 Å². The quantitative estimate of drug-likeness (QED) is 0.327. The van der Waals surface area contributed by atoms with Crippen molar-refractivity contribution >= 4 is 34.1 Å². The molecule has 11 heteroatoms. The predicted molar refractivity (Wildman–Crippen MR) is 136 cm³/mol. The zero-order valence-electron chi connectivity index (χ0n) is 19.5. The average Bonchev–Trinajstić information content (AvgIpc) is 3.57. The fourth-order valence-corrected chi connectivity index (χ4v) is 4.58. The highest BCUT2D eigenvalue weighted by atomic mass is 35.5. The van der Waals surface area contributed by atoms with Crippen molar-refractivity contribution in [2.24, 2.45) is 0 Å². The molecular formula is C25H25ClFN7O2. The monoisotopic (exact) mass is 509 g/mol. The van der Waals surface area contributed by atoms with E-state index in [0.29, 0.717) is 59.0 Å². The number of rotatable bonds is 7. The fourth-order valence-electron chi connectivity index (χ4n) is 4.36. The van der Waals surface area contributed by atoms with Crippen LogP contribution < -0.4 is 16.4 Å². The molecule has 4 N–H and O–H groups in total. The summed E-state index contributed by atoms with van der Waals surface area (Å²) in [6.07, 6.45) is 7.43. The Bertz CT molecular complexity index is 1430. The van der Waals surface area contributed by atoms with E-state index in [4.69, 9.17) is 22.1 Å². The highest BCUT2D eigenvalue weighted by molar-refractivity contribution is 6.35. The number of fused-ring (bicyclic) bond motifs is 1. The van der Waals surface area contributed by atoms with Crippen LogP contribution in [0.4, 0.5) is 10.2 Å². The number of halogens is 2. The van der Waals surface area contributed by atoms with Gasteiger partial charge in [-0.25, -0.2) is 9.37 Å². The summed E-state index contributed by atoms with van der Waals surface area (Å²) in [5, 5.41) is 12.0. The van der Waals surface area contributed by atoms with Crippen LogP contribution >= 0.6 is 11.6 Å². The third-order valence-corrected chi connectivity index (χ3v) is 6.66. The van der Waals surface area contributed by atoms with Crippen LogP contribution in [0.25, 0.3) is 33.2 Å². The number of benzene rings is 1. The number of pyridine rings is 2. The highest BCUT2D eigenvalue weighted by Gasteiger charge is 2.30. The molecule has 1 aliphatic rings. The number of hydrogen-bond donors (Lipinski definition) is 3. The Labute approximate surface area is 211 Å². The molecule has 5 rings (SSSR count). The minimum absolute atomic E-state index is 0.0392. The van der Waals surface area contributed by atoms with Crippen molar-refractivity contribution in [3.05, 3.63) is 59.9 Å². The molecule has 1 aromatic carbocycles. The normalized spacial score (nSPS) is 17.5. The lowest BCUT2D eigenvalue weighted by Crippen LogP contribution is -2.41. The lowest BCUT2D eigenvalue weighted by molar-refractivity contribution is -0.123. The lowest BCUT2D eigenvalue weighted by Gasteiger charge is -2.11. The molecule has 9 nitrogen and oxygen atoms in total. The maximum Gasteiger partial charge on any atom is 0.237 e. The Morgan fingerprint density at radius 3 is 2.94 bits per heavy atom. The van der Waals surface area contributed by atoms with E-state index in [1.807, 2.05) is 16.9 Å². The van der Waals surface area contributed by atoms with E-state index in [-0.39, 0.29) is 18.0 Å². The van der Waals surface area contributed by atoms with Crippen LogP contribution in [0.15, 0.2) is 49.1 Å². The van der Waals surface area contributed by atoms with Crippen LogP contribution in [0.5, 0.6) is 0 Å². The van der Waals surface area contributed by atoms with Crippen molar-refractivity contribution in [3.63, 3.8) is 0 Å². The van der Waals surface area contributed by atoms with E-state index < -0.39 is 5.82 Å². The van der Waals surface area contributed by atoms with E-state index in [2.05, 4.69) is 25.7 Å². The van der Waals surface area contributed by atoms with Crippen LogP contribution in [0, 0.1) is 5.82 Å². The molecule has 0 radical (unpaired) electrons. The molecule has 0 spiro atoms. The van der Waals surface area contributed by atoms with Gasteiger partial charge in [0.15, 0.2) is 0 Å². The van der Waals surface area contributed by atoms with Gasteiger partial charge in [-0.15, -0.1) is 0 Å². The molecule has 0 bridgehead atoms. The average molecular weight is 510 g/mol. The number of carbonyl (C=O) groups is 1. The van der Waals surface area contributed by atoms with Crippen molar-refractivity contribution < 1.29 is 13.9 Å². The van der Waals surface area contributed by atoms with Crippen LogP contribution in [0.1, 0.15) is 12.5 Å². The maximum absolute atomic E-state index is 14.2. The molecule has 1 fully saturated rings. The van der Waals surface area contributed by atoms with Gasteiger partial charge in [0.05, 0.1) is 30.6 Å². The number of aromatic nitrogens is 4. The molecule has 36 heavy (non-hydrogen) atoms. The van der Waals surface area contributed by atoms with Gasteiger partial charge in [-0.2, -0.15) is 5.10 Å². The number of ether oxygens (including phenoxy) is 1. The number of anilines is 1. The van der Waals surface area contributed by atoms with Crippen molar-refractivity contribution in [2.75, 3.05) is 32.5 Å². The topological polar surface area (TPSA) is 120 Å². The van der Waals surface area contributed by atoms with Crippen molar-refractivity contribution in [1.82, 2.24) is 30.4 Å². The summed E-state index contributed by atoms with van der Waals surface area (Å²) < 4.78 is 21.0. The number of amides is 1. The molecule has 0 aliphatic carbocycles. The molecule has 4 aromatic rings. The first kappa shape index (κ1) is 24.1. The number of nitrogens with one attached hydrogen (secondary N) is 2. The zero-order chi connectivity index (χ0) is 25.2. The van der Waals surface area contributed by atoms with Gasteiger partial charge in [0.25, 0.3) is 0 Å². The second-order valence-electron chi connectivity index (χ2n) is 8.64. The van der Waals surface area contributed by atoms with Gasteiger partial charge in [-0.05, 0) is 30.7 Å². The third-order valence-electron chi connectivity index (χ3n) is 6.33. The van der Waals surface area contributed by atoms with Gasteiger partial charge in [-0.1, -0.05) is 11.6 Å². The molecule has 3 aromatic heterocycles. The van der Waals surface area contributed by atoms with Gasteiger partial charge in [-0.3, -0.25) is 14.5 Å². The van der Waals surface area contributed by atoms with Crippen LogP contribution in [-0.2, 0) is 9.53 Å². The van der Waals surface area contributed by atoms with Crippen molar-refractivity contribution in [3.8, 4) is 22.4 Å². The Hall–Kier alpha value is -3.60. The first-order valence-electron chi connectivity index (χ1n) is 11.5. The first-order valence-corrected chi connectivity index (χ1v) is 11.9. The van der Waals surface area contributed by atoms with E-state index in [9.17, 15) is 9.18 Å². The second-order valence-corrected chi connectivity index (χ2v) is 9.05. The van der Waals surface area contributed by atoms with Crippen LogP contribution in [-0.4, -0.2) is 58.5 Å². The Balaban J connectivity index is 1.37. The van der Waals surface area contributed by atoms with Gasteiger partial charge in [0.1, 0.15) is 11.6 Å². The molecule has 0 unspecified atom stereocenters. The molecule has 1 aliphatic heterocycles. The van der Waals surface area contributed by atoms with Crippen molar-refractivity contribution in [1.29, 1.82) is 0 Å². The molecule has 4 heterocycles. The molecular weight excluding hydrogens is 485 g/mol. The molecule has 2 atom stereocenters. The fraction of sp³-hybridized carbons (Fsp3) is 0.280. The molecule has 0 saturated carbocycles. The predicted octanol–water partition coefficient (Wildman–Crippen LogP) is 3.20. The minimum atomic E-state index is -0.392. The van der Waals surface area contributed by atoms with E-state index >= 15 is 0 Å². The SMILES string of the molecule is COCCNC(=O)[C@@H]1C[C@H](n2cc(-c3cnc(N)c(-c4cc5c(Cl)ccc(F)c5cn4)c3)cn2)CN1. The van der Waals surface area contributed by atoms with Gasteiger partial charge < -0.3 is 21.1 Å². The second kappa shape index (κ2) is 10.2. The summed E-state index contributed by atoms with van der Waals surface area (Å²) in [6.45, 7) is 1.58. The summed E-state index contributed by atoms with van der Waals surface area (Å²) in [4.78, 5) is 21.1. The van der Waals surface area contributed by atoms with E-state index in [1.54, 1.807) is 25.6 Å². The molecule has 186 valence electrons. The number of nitrogens with two attached hydrogens (primary N) is 1. The number of carbonyl (C=O) groups excluding carboxylic acids is 1. The smallest absolute Gasteiger partial charge is 0.237 e. The third kappa shape index (κ3) is 4.75. The van der Waals surface area contributed by atoms with Crippen molar-refractivity contribution in [2.45, 2.75) is 18.5 Å². The van der Waals surface area contributed by atoms with E-state index in [0.717, 1.165) is 11.1 Å². The van der Waals surface area contributed by atoms with E-state index in [1.165, 1.54) is 18.3 Å². The summed E-state index contributed by atoms with van der Waals surface area (Å²) in [5.74, 6) is -0.137. The number of hydrogen-bond acceptors (Lipinski definition) is 7. The highest BCUT2D eigenvalue weighted by Crippen LogP contribution is 2.33. The summed E-state index contributed by atoms with van der Waals surface area (Å²) in [7, 11) is 1.60. The zero-order valence-corrected chi connectivity index (χ0v) is 20.3. The summed E-state index contributed by atoms with van der Waals surface area (Å²) in [6, 6.07) is 6.18. The summed E-state index contributed by atoms with van der Waals surface area (Å²) in [5.41, 5.74) is 8.97. The number of methoxy groups -OCH3 is 1. The Kier molecular flexibility index (Phi) is 6.82. The molecule has 1 amide bonds. The maximum atomic E-state index is 14.2. The standard InChI is InChI=1S/C25H25ClFN7O2/c1-36-5-4-29-25(35)23-7-16(11-30-23)34-13-15(10-33-34)14-6-18(24(28)32-9-14)22-8-17-19(12-31-22)21(27)3-2-20(17)26/h2-3,6,8-10,12-13,16,23,30H,4-5,7,11H2,1H3,(H2,28,32)(H,29,35)/t16-,23-/m0/s1. The number of nitrogens with zero attached hydrogens (tertiary/aromatic N) is 4. The van der Waals surface area contributed by atoms with Gasteiger partial charge in [0, 0.05) is 71.3 Å². The van der Waals surface area contributed by atoms with Crippen LogP contribution in [0.2, 0.25) is 5.02 Å². The van der Waals surface area contributed by atoms with Crippen LogP contribution in [0.3, 0.4) is 0 Å². The lowest BCUT2D eigenvalue weighted by atomic mass is 10.0. The van der Waals surface area contributed by atoms with Gasteiger partial charge >= 0.3 is 0 Å². The largest absolute Gasteiger partial charge is 0.383 e. The number of nitrogen functional groups attached to an aromatic ring is 1. The Morgan fingerprint density at radius 1 is 1.25 bits per heavy atom. The minimum Gasteiger partial charge on any atom is -0.383 e.